The van der Waals surface area contributed by atoms with E-state index in [9.17, 15) is 14.4 Å². The Morgan fingerprint density at radius 3 is 2.30 bits per heavy atom. The lowest BCUT2D eigenvalue weighted by Gasteiger charge is -2.31. The second-order valence-electron chi connectivity index (χ2n) is 6.70. The highest BCUT2D eigenvalue weighted by atomic mass is 16.4. The van der Waals surface area contributed by atoms with Gasteiger partial charge in [0, 0.05) is 0 Å². The Kier molecular flexibility index (Phi) is 6.93. The quantitative estimate of drug-likeness (QED) is 0.632. The first-order chi connectivity index (χ1) is 12.9. The van der Waals surface area contributed by atoms with Gasteiger partial charge in [-0.3, -0.25) is 14.4 Å². The predicted molar refractivity (Wildman–Crippen MR) is 104 cm³/mol. The first kappa shape index (κ1) is 20.4. The summed E-state index contributed by atoms with van der Waals surface area (Å²) in [7, 11) is 0. The van der Waals surface area contributed by atoms with Crippen molar-refractivity contribution in [3.8, 4) is 0 Å². The van der Waals surface area contributed by atoms with Gasteiger partial charge < -0.3 is 15.7 Å². The molecule has 0 aliphatic rings. The van der Waals surface area contributed by atoms with E-state index in [4.69, 9.17) is 5.11 Å². The summed E-state index contributed by atoms with van der Waals surface area (Å²) in [5.41, 5.74) is 0.108. The Hall–Kier alpha value is -2.89. The van der Waals surface area contributed by atoms with Crippen LogP contribution in [0.1, 0.15) is 38.7 Å². The molecule has 2 amide bonds. The molecule has 0 saturated carbocycles. The van der Waals surface area contributed by atoms with E-state index in [0.29, 0.717) is 12.8 Å². The number of carboxylic acid groups (broad SMARTS) is 1. The summed E-state index contributed by atoms with van der Waals surface area (Å²) in [5.74, 6) is -1.59. The fourth-order valence-corrected chi connectivity index (χ4v) is 3.21. The molecule has 3 N–H and O–H groups in total. The lowest BCUT2D eigenvalue weighted by molar-refractivity contribution is -0.139. The fourth-order valence-electron chi connectivity index (χ4n) is 3.21. The normalized spacial score (nSPS) is 11.2. The largest absolute Gasteiger partial charge is 0.481 e. The molecule has 0 aromatic heterocycles. The standard InChI is InChI=1S/C21H26N2O4/c1-3-21(4-2,13-20(26)27)23-19(25)14-22-18(24)12-16-10-7-9-15-8-5-6-11-17(15)16/h5-11H,3-4,12-14H2,1-2H3,(H,22,24)(H,23,25)(H,26,27). The molecule has 0 spiro atoms. The minimum Gasteiger partial charge on any atom is -0.481 e. The zero-order valence-electron chi connectivity index (χ0n) is 15.7. The van der Waals surface area contributed by atoms with E-state index in [2.05, 4.69) is 10.6 Å². The van der Waals surface area contributed by atoms with Crippen molar-refractivity contribution in [2.24, 2.45) is 0 Å². The third kappa shape index (κ3) is 5.54. The number of fused-ring (bicyclic) bond motifs is 1. The number of hydrogen-bond donors (Lipinski definition) is 3. The van der Waals surface area contributed by atoms with Crippen molar-refractivity contribution < 1.29 is 19.5 Å². The van der Waals surface area contributed by atoms with E-state index < -0.39 is 11.5 Å². The SMILES string of the molecule is CCC(CC)(CC(=O)O)NC(=O)CNC(=O)Cc1cccc2ccccc12. The lowest BCUT2D eigenvalue weighted by atomic mass is 9.89. The van der Waals surface area contributed by atoms with E-state index in [-0.39, 0.29) is 31.2 Å². The molecule has 2 aromatic rings. The molecule has 27 heavy (non-hydrogen) atoms. The van der Waals surface area contributed by atoms with E-state index in [1.165, 1.54) is 0 Å². The van der Waals surface area contributed by atoms with Crippen LogP contribution in [0.5, 0.6) is 0 Å². The number of hydrogen-bond acceptors (Lipinski definition) is 3. The molecule has 0 aliphatic heterocycles. The van der Waals surface area contributed by atoms with E-state index in [1.54, 1.807) is 0 Å². The second-order valence-corrected chi connectivity index (χ2v) is 6.70. The van der Waals surface area contributed by atoms with Crippen LogP contribution in [0.25, 0.3) is 10.8 Å². The van der Waals surface area contributed by atoms with E-state index in [0.717, 1.165) is 16.3 Å². The van der Waals surface area contributed by atoms with Crippen molar-refractivity contribution in [2.75, 3.05) is 6.54 Å². The van der Waals surface area contributed by atoms with Crippen molar-refractivity contribution in [2.45, 2.75) is 45.1 Å². The molecule has 6 heteroatoms. The first-order valence-corrected chi connectivity index (χ1v) is 9.15. The van der Waals surface area contributed by atoms with Gasteiger partial charge in [-0.2, -0.15) is 0 Å². The van der Waals surface area contributed by atoms with Gasteiger partial charge in [0.15, 0.2) is 0 Å². The Morgan fingerprint density at radius 1 is 0.963 bits per heavy atom. The second kappa shape index (κ2) is 9.16. The van der Waals surface area contributed by atoms with Crippen molar-refractivity contribution >= 4 is 28.6 Å². The van der Waals surface area contributed by atoms with Crippen LogP contribution >= 0.6 is 0 Å². The van der Waals surface area contributed by atoms with Crippen molar-refractivity contribution in [3.05, 3.63) is 48.0 Å². The van der Waals surface area contributed by atoms with Crippen LogP contribution < -0.4 is 10.6 Å². The monoisotopic (exact) mass is 370 g/mol. The topological polar surface area (TPSA) is 95.5 Å². The van der Waals surface area contributed by atoms with Crippen LogP contribution in [0.3, 0.4) is 0 Å². The van der Waals surface area contributed by atoms with Gasteiger partial charge in [-0.1, -0.05) is 56.3 Å². The maximum absolute atomic E-state index is 12.3. The van der Waals surface area contributed by atoms with Gasteiger partial charge in [-0.05, 0) is 29.2 Å². The number of aliphatic carboxylic acids is 1. The fraction of sp³-hybridized carbons (Fsp3) is 0.381. The summed E-state index contributed by atoms with van der Waals surface area (Å²) in [4.78, 5) is 35.5. The summed E-state index contributed by atoms with van der Waals surface area (Å²) >= 11 is 0. The van der Waals surface area contributed by atoms with Crippen LogP contribution in [0.4, 0.5) is 0 Å². The zero-order valence-corrected chi connectivity index (χ0v) is 15.7. The van der Waals surface area contributed by atoms with Gasteiger partial charge in [0.25, 0.3) is 0 Å². The Morgan fingerprint density at radius 2 is 1.63 bits per heavy atom. The summed E-state index contributed by atoms with van der Waals surface area (Å²) < 4.78 is 0. The van der Waals surface area contributed by atoms with Gasteiger partial charge in [-0.15, -0.1) is 0 Å². The average Bonchev–Trinajstić information content (AvgIpc) is 2.65. The summed E-state index contributed by atoms with van der Waals surface area (Å²) in [6, 6.07) is 13.6. The van der Waals surface area contributed by atoms with Crippen LogP contribution in [0, 0.1) is 0 Å². The maximum Gasteiger partial charge on any atom is 0.305 e. The maximum atomic E-state index is 12.3. The third-order valence-corrected chi connectivity index (χ3v) is 4.92. The van der Waals surface area contributed by atoms with Gasteiger partial charge in [-0.25, -0.2) is 0 Å². The summed E-state index contributed by atoms with van der Waals surface area (Å²) in [5, 5.41) is 16.5. The van der Waals surface area contributed by atoms with Crippen molar-refractivity contribution in [3.63, 3.8) is 0 Å². The average molecular weight is 370 g/mol. The first-order valence-electron chi connectivity index (χ1n) is 9.15. The van der Waals surface area contributed by atoms with Gasteiger partial charge in [0.2, 0.25) is 11.8 Å². The Bertz CT molecular complexity index is 823. The van der Waals surface area contributed by atoms with E-state index in [1.807, 2.05) is 56.3 Å². The van der Waals surface area contributed by atoms with Crippen molar-refractivity contribution in [1.82, 2.24) is 10.6 Å². The van der Waals surface area contributed by atoms with Gasteiger partial charge in [0.1, 0.15) is 0 Å². The number of nitrogens with one attached hydrogen (secondary N) is 2. The Balaban J connectivity index is 1.94. The minimum atomic E-state index is -0.959. The molecule has 0 radical (unpaired) electrons. The Labute approximate surface area is 159 Å². The molecule has 2 aromatic carbocycles. The number of benzene rings is 2. The lowest BCUT2D eigenvalue weighted by Crippen LogP contribution is -2.52. The molecule has 6 nitrogen and oxygen atoms in total. The van der Waals surface area contributed by atoms with Crippen molar-refractivity contribution in [1.29, 1.82) is 0 Å². The minimum absolute atomic E-state index is 0.143. The van der Waals surface area contributed by atoms with Gasteiger partial charge >= 0.3 is 5.97 Å². The number of carbonyl (C=O) groups is 3. The molecule has 0 unspecified atom stereocenters. The highest BCUT2D eigenvalue weighted by molar-refractivity contribution is 5.91. The molecule has 0 atom stereocenters. The highest BCUT2D eigenvalue weighted by Crippen LogP contribution is 2.20. The van der Waals surface area contributed by atoms with Crippen LogP contribution in [-0.4, -0.2) is 35.0 Å². The summed E-state index contributed by atoms with van der Waals surface area (Å²) in [6.07, 6.45) is 1.04. The molecule has 2 rings (SSSR count). The zero-order chi connectivity index (χ0) is 19.9. The smallest absolute Gasteiger partial charge is 0.305 e. The molecule has 0 bridgehead atoms. The third-order valence-electron chi connectivity index (χ3n) is 4.92. The molecular formula is C21H26N2O4. The molecule has 0 aliphatic carbocycles. The molecule has 0 heterocycles. The highest BCUT2D eigenvalue weighted by Gasteiger charge is 2.30. The molecule has 0 saturated heterocycles. The molecular weight excluding hydrogens is 344 g/mol. The van der Waals surface area contributed by atoms with Gasteiger partial charge in [0.05, 0.1) is 24.9 Å². The molecule has 144 valence electrons. The van der Waals surface area contributed by atoms with Crippen LogP contribution in [0.2, 0.25) is 0 Å². The number of carbonyl (C=O) groups excluding carboxylic acids is 2. The number of carboxylic acids is 1. The van der Waals surface area contributed by atoms with E-state index >= 15 is 0 Å². The van der Waals surface area contributed by atoms with Crippen LogP contribution in [-0.2, 0) is 20.8 Å². The van der Waals surface area contributed by atoms with Crippen LogP contribution in [0.15, 0.2) is 42.5 Å². The molecule has 0 fully saturated rings. The predicted octanol–water partition coefficient (Wildman–Crippen LogP) is 2.65. The number of amides is 2. The summed E-state index contributed by atoms with van der Waals surface area (Å²) in [6.45, 7) is 3.50. The number of rotatable bonds is 9.